The molecule has 1 aromatic carbocycles. The van der Waals surface area contributed by atoms with Gasteiger partial charge < -0.3 is 10.6 Å². The Morgan fingerprint density at radius 1 is 1.55 bits per heavy atom. The number of hydrogen-bond donors (Lipinski definition) is 2. The minimum atomic E-state index is -0.680. The van der Waals surface area contributed by atoms with E-state index in [9.17, 15) is 19.3 Å². The zero-order valence-corrected chi connectivity index (χ0v) is 11.1. The standard InChI is InChI=1S/C13H16FN3O3/c1-8-7-15-5-4-11(8)16-13(18)10-6-9(14)2-3-12(10)17(19)20/h2-3,6,8,11,15H,4-5,7H2,1H3,(H,16,18). The number of carbonyl (C=O) groups is 1. The van der Waals surface area contributed by atoms with Crippen molar-refractivity contribution in [2.24, 2.45) is 5.92 Å². The van der Waals surface area contributed by atoms with Crippen LogP contribution in [0.15, 0.2) is 18.2 Å². The van der Waals surface area contributed by atoms with Crippen LogP contribution in [0.25, 0.3) is 0 Å². The first-order chi connectivity index (χ1) is 9.49. The summed E-state index contributed by atoms with van der Waals surface area (Å²) in [6, 6.07) is 2.82. The van der Waals surface area contributed by atoms with Gasteiger partial charge in [0.2, 0.25) is 0 Å². The average molecular weight is 281 g/mol. The van der Waals surface area contributed by atoms with Crippen molar-refractivity contribution in [3.05, 3.63) is 39.7 Å². The number of nitrogens with one attached hydrogen (secondary N) is 2. The molecule has 1 heterocycles. The Morgan fingerprint density at radius 3 is 2.95 bits per heavy atom. The highest BCUT2D eigenvalue weighted by Crippen LogP contribution is 2.20. The monoisotopic (exact) mass is 281 g/mol. The van der Waals surface area contributed by atoms with Crippen molar-refractivity contribution in [2.45, 2.75) is 19.4 Å². The van der Waals surface area contributed by atoms with Crippen LogP contribution in [0.4, 0.5) is 10.1 Å². The second-order valence-corrected chi connectivity index (χ2v) is 4.97. The van der Waals surface area contributed by atoms with Gasteiger partial charge in [-0.05, 0) is 37.6 Å². The number of hydrogen-bond acceptors (Lipinski definition) is 4. The third-order valence-corrected chi connectivity index (χ3v) is 3.50. The van der Waals surface area contributed by atoms with Crippen LogP contribution in [-0.2, 0) is 0 Å². The molecule has 2 rings (SSSR count). The highest BCUT2D eigenvalue weighted by Gasteiger charge is 2.26. The maximum Gasteiger partial charge on any atom is 0.282 e. The van der Waals surface area contributed by atoms with E-state index in [4.69, 9.17) is 0 Å². The van der Waals surface area contributed by atoms with Gasteiger partial charge in [0, 0.05) is 12.1 Å². The molecule has 20 heavy (non-hydrogen) atoms. The molecule has 1 amide bonds. The van der Waals surface area contributed by atoms with Crippen LogP contribution in [0.3, 0.4) is 0 Å². The molecule has 6 nitrogen and oxygen atoms in total. The fraction of sp³-hybridized carbons (Fsp3) is 0.462. The van der Waals surface area contributed by atoms with Crippen molar-refractivity contribution in [3.63, 3.8) is 0 Å². The number of halogens is 1. The van der Waals surface area contributed by atoms with Crippen molar-refractivity contribution >= 4 is 11.6 Å². The first-order valence-corrected chi connectivity index (χ1v) is 6.44. The Morgan fingerprint density at radius 2 is 2.30 bits per heavy atom. The van der Waals surface area contributed by atoms with Crippen molar-refractivity contribution in [3.8, 4) is 0 Å². The van der Waals surface area contributed by atoms with E-state index in [0.717, 1.165) is 37.7 Å². The Kier molecular flexibility index (Phi) is 4.29. The SMILES string of the molecule is CC1CNCCC1NC(=O)c1cc(F)ccc1[N+](=O)[O-]. The first kappa shape index (κ1) is 14.4. The molecule has 1 aromatic rings. The minimum absolute atomic E-state index is 0.0633. The molecule has 0 bridgehead atoms. The number of nitro groups is 1. The van der Waals surface area contributed by atoms with Crippen LogP contribution in [0.1, 0.15) is 23.7 Å². The summed E-state index contributed by atoms with van der Waals surface area (Å²) in [6.07, 6.45) is 0.746. The zero-order chi connectivity index (χ0) is 14.7. The molecule has 0 spiro atoms. The quantitative estimate of drug-likeness (QED) is 0.649. The van der Waals surface area contributed by atoms with E-state index < -0.39 is 16.6 Å². The summed E-state index contributed by atoms with van der Waals surface area (Å²) < 4.78 is 13.2. The van der Waals surface area contributed by atoms with E-state index in [0.29, 0.717) is 0 Å². The Bertz CT molecular complexity index is 536. The van der Waals surface area contributed by atoms with Gasteiger partial charge >= 0.3 is 0 Å². The average Bonchev–Trinajstić information content (AvgIpc) is 2.40. The van der Waals surface area contributed by atoms with Gasteiger partial charge in [-0.3, -0.25) is 14.9 Å². The van der Waals surface area contributed by atoms with E-state index >= 15 is 0 Å². The Hall–Kier alpha value is -2.02. The highest BCUT2D eigenvalue weighted by molar-refractivity contribution is 5.98. The third kappa shape index (κ3) is 3.11. The van der Waals surface area contributed by atoms with Crippen molar-refractivity contribution < 1.29 is 14.1 Å². The maximum atomic E-state index is 13.2. The van der Waals surface area contributed by atoms with Gasteiger partial charge in [-0.15, -0.1) is 0 Å². The lowest BCUT2D eigenvalue weighted by atomic mass is 9.95. The van der Waals surface area contributed by atoms with Gasteiger partial charge in [0.05, 0.1) is 4.92 Å². The molecular weight excluding hydrogens is 265 g/mol. The molecule has 7 heteroatoms. The number of rotatable bonds is 3. The summed E-state index contributed by atoms with van der Waals surface area (Å²) >= 11 is 0. The second kappa shape index (κ2) is 5.96. The molecule has 0 saturated carbocycles. The molecule has 2 unspecified atom stereocenters. The first-order valence-electron chi connectivity index (χ1n) is 6.44. The maximum absolute atomic E-state index is 13.2. The second-order valence-electron chi connectivity index (χ2n) is 4.97. The predicted octanol–water partition coefficient (Wildman–Crippen LogP) is 1.46. The van der Waals surface area contributed by atoms with E-state index in [1.165, 1.54) is 0 Å². The number of benzene rings is 1. The van der Waals surface area contributed by atoms with E-state index in [2.05, 4.69) is 10.6 Å². The fourth-order valence-electron chi connectivity index (χ4n) is 2.32. The zero-order valence-electron chi connectivity index (χ0n) is 11.1. The van der Waals surface area contributed by atoms with Crippen molar-refractivity contribution in [1.82, 2.24) is 10.6 Å². The summed E-state index contributed by atoms with van der Waals surface area (Å²) in [5.41, 5.74) is -0.619. The summed E-state index contributed by atoms with van der Waals surface area (Å²) in [5.74, 6) is -1.05. The molecule has 1 aliphatic heterocycles. The number of nitro benzene ring substituents is 1. The molecule has 108 valence electrons. The molecule has 0 aliphatic carbocycles. The predicted molar refractivity (Wildman–Crippen MR) is 71.0 cm³/mol. The molecule has 1 saturated heterocycles. The summed E-state index contributed by atoms with van der Waals surface area (Å²) in [4.78, 5) is 22.3. The van der Waals surface area contributed by atoms with Crippen LogP contribution in [0.2, 0.25) is 0 Å². The highest BCUT2D eigenvalue weighted by atomic mass is 19.1. The smallest absolute Gasteiger partial charge is 0.282 e. The fourth-order valence-corrected chi connectivity index (χ4v) is 2.32. The van der Waals surface area contributed by atoms with Crippen LogP contribution < -0.4 is 10.6 Å². The van der Waals surface area contributed by atoms with E-state index in [1.54, 1.807) is 0 Å². The lowest BCUT2D eigenvalue weighted by Gasteiger charge is -2.30. The molecular formula is C13H16FN3O3. The van der Waals surface area contributed by atoms with Gasteiger partial charge in [-0.1, -0.05) is 6.92 Å². The summed E-state index contributed by atoms with van der Waals surface area (Å²) in [7, 11) is 0. The molecule has 0 radical (unpaired) electrons. The van der Waals surface area contributed by atoms with Gasteiger partial charge in [0.25, 0.3) is 11.6 Å². The summed E-state index contributed by atoms with van der Waals surface area (Å²) in [5, 5.41) is 16.8. The largest absolute Gasteiger partial charge is 0.349 e. The van der Waals surface area contributed by atoms with Crippen molar-refractivity contribution in [1.29, 1.82) is 0 Å². The Balaban J connectivity index is 2.20. The van der Waals surface area contributed by atoms with Gasteiger partial charge in [-0.25, -0.2) is 4.39 Å². The van der Waals surface area contributed by atoms with Crippen LogP contribution in [0, 0.1) is 21.8 Å². The van der Waals surface area contributed by atoms with Crippen LogP contribution >= 0.6 is 0 Å². The van der Waals surface area contributed by atoms with Gasteiger partial charge in [0.15, 0.2) is 0 Å². The van der Waals surface area contributed by atoms with E-state index in [-0.39, 0.29) is 23.2 Å². The molecule has 2 N–H and O–H groups in total. The molecule has 1 aliphatic rings. The third-order valence-electron chi connectivity index (χ3n) is 3.50. The summed E-state index contributed by atoms with van der Waals surface area (Å²) in [6.45, 7) is 3.54. The van der Waals surface area contributed by atoms with Crippen molar-refractivity contribution in [2.75, 3.05) is 13.1 Å². The molecule has 2 atom stereocenters. The van der Waals surface area contributed by atoms with Gasteiger partial charge in [0.1, 0.15) is 11.4 Å². The topological polar surface area (TPSA) is 84.3 Å². The van der Waals surface area contributed by atoms with Gasteiger partial charge in [-0.2, -0.15) is 0 Å². The molecule has 1 fully saturated rings. The molecule has 0 aromatic heterocycles. The lowest BCUT2D eigenvalue weighted by molar-refractivity contribution is -0.385. The normalized spacial score (nSPS) is 22.3. The number of amides is 1. The Labute approximate surface area is 115 Å². The number of nitrogens with zero attached hydrogens (tertiary/aromatic N) is 1. The minimum Gasteiger partial charge on any atom is -0.349 e. The lowest BCUT2D eigenvalue weighted by Crippen LogP contribution is -2.48. The van der Waals surface area contributed by atoms with E-state index in [1.807, 2.05) is 6.92 Å². The van der Waals surface area contributed by atoms with Crippen LogP contribution in [-0.4, -0.2) is 30.0 Å². The van der Waals surface area contributed by atoms with Crippen LogP contribution in [0.5, 0.6) is 0 Å². The number of carbonyl (C=O) groups excluding carboxylic acids is 1. The number of piperidine rings is 1.